The highest BCUT2D eigenvalue weighted by atomic mass is 127. The minimum Gasteiger partial charge on any atom is -0.370 e. The molecule has 0 spiro atoms. The molecule has 1 aromatic heterocycles. The van der Waals surface area contributed by atoms with Crippen molar-refractivity contribution in [3.63, 3.8) is 0 Å². The van der Waals surface area contributed by atoms with E-state index in [1.54, 1.807) is 11.3 Å². The van der Waals surface area contributed by atoms with Gasteiger partial charge in [0.05, 0.1) is 11.6 Å². The fourth-order valence-electron chi connectivity index (χ4n) is 2.12. The van der Waals surface area contributed by atoms with E-state index in [1.165, 1.54) is 25.7 Å². The Labute approximate surface area is 129 Å². The van der Waals surface area contributed by atoms with Crippen LogP contribution in [0.25, 0.3) is 0 Å². The van der Waals surface area contributed by atoms with Gasteiger partial charge < -0.3 is 11.1 Å². The molecule has 0 bridgehead atoms. The lowest BCUT2D eigenvalue weighted by Crippen LogP contribution is -2.38. The maximum absolute atomic E-state index is 5.88. The molecule has 1 heterocycles. The van der Waals surface area contributed by atoms with Crippen molar-refractivity contribution in [3.05, 3.63) is 16.6 Å². The van der Waals surface area contributed by atoms with Crippen molar-refractivity contribution in [3.8, 4) is 0 Å². The Hall–Kier alpha value is -0.370. The van der Waals surface area contributed by atoms with Gasteiger partial charge in [-0.05, 0) is 12.8 Å². The molecule has 0 saturated heterocycles. The summed E-state index contributed by atoms with van der Waals surface area (Å²) in [7, 11) is 0. The SMILES string of the molecule is CC(CN=C(N)NC1CCCC1)c1nccs1.I. The van der Waals surface area contributed by atoms with Crippen LogP contribution in [0.3, 0.4) is 0 Å². The average Bonchev–Trinajstić information content (AvgIpc) is 2.97. The monoisotopic (exact) mass is 380 g/mol. The second kappa shape index (κ2) is 7.93. The zero-order chi connectivity index (χ0) is 12.1. The van der Waals surface area contributed by atoms with Crippen molar-refractivity contribution in [1.82, 2.24) is 10.3 Å². The van der Waals surface area contributed by atoms with Crippen molar-refractivity contribution in [2.24, 2.45) is 10.7 Å². The van der Waals surface area contributed by atoms with Crippen LogP contribution in [-0.4, -0.2) is 23.5 Å². The number of nitrogens with two attached hydrogens (primary N) is 1. The molecule has 0 amide bonds. The predicted octanol–water partition coefficient (Wildman–Crippen LogP) is 2.71. The normalized spacial score (nSPS) is 18.4. The van der Waals surface area contributed by atoms with E-state index in [0.717, 1.165) is 5.01 Å². The minimum absolute atomic E-state index is 0. The van der Waals surface area contributed by atoms with Gasteiger partial charge in [-0.2, -0.15) is 0 Å². The first-order chi connectivity index (χ1) is 8.25. The lowest BCUT2D eigenvalue weighted by molar-refractivity contribution is 0.623. The van der Waals surface area contributed by atoms with Crippen LogP contribution in [0, 0.1) is 0 Å². The number of aliphatic imine (C=N–C) groups is 1. The largest absolute Gasteiger partial charge is 0.370 e. The highest BCUT2D eigenvalue weighted by Crippen LogP contribution is 2.18. The van der Waals surface area contributed by atoms with Crippen molar-refractivity contribution in [1.29, 1.82) is 0 Å². The first-order valence-corrected chi connectivity index (χ1v) is 7.09. The van der Waals surface area contributed by atoms with Crippen molar-refractivity contribution in [2.45, 2.75) is 44.6 Å². The number of thiazole rings is 1. The summed E-state index contributed by atoms with van der Waals surface area (Å²) in [4.78, 5) is 8.68. The van der Waals surface area contributed by atoms with E-state index in [-0.39, 0.29) is 24.0 Å². The Morgan fingerprint density at radius 1 is 1.61 bits per heavy atom. The summed E-state index contributed by atoms with van der Waals surface area (Å²) < 4.78 is 0. The smallest absolute Gasteiger partial charge is 0.188 e. The summed E-state index contributed by atoms with van der Waals surface area (Å²) in [5.74, 6) is 0.930. The number of nitrogens with zero attached hydrogens (tertiary/aromatic N) is 2. The molecule has 0 aliphatic heterocycles. The van der Waals surface area contributed by atoms with E-state index in [0.29, 0.717) is 24.5 Å². The predicted molar refractivity (Wildman–Crippen MR) is 87.8 cm³/mol. The average molecular weight is 380 g/mol. The highest BCUT2D eigenvalue weighted by molar-refractivity contribution is 14.0. The van der Waals surface area contributed by atoms with Crippen LogP contribution < -0.4 is 11.1 Å². The molecule has 1 aromatic rings. The van der Waals surface area contributed by atoms with E-state index < -0.39 is 0 Å². The summed E-state index contributed by atoms with van der Waals surface area (Å²) in [5, 5.41) is 6.41. The Balaban J connectivity index is 0.00000162. The maximum Gasteiger partial charge on any atom is 0.188 e. The molecule has 3 N–H and O–H groups in total. The van der Waals surface area contributed by atoms with E-state index in [1.807, 2.05) is 11.6 Å². The van der Waals surface area contributed by atoms with Crippen molar-refractivity contribution >= 4 is 41.3 Å². The number of guanidine groups is 1. The van der Waals surface area contributed by atoms with Crippen LogP contribution in [0.15, 0.2) is 16.6 Å². The molecule has 1 saturated carbocycles. The fourth-order valence-corrected chi connectivity index (χ4v) is 2.81. The third-order valence-electron chi connectivity index (χ3n) is 3.12. The zero-order valence-electron chi connectivity index (χ0n) is 10.6. The molecule has 18 heavy (non-hydrogen) atoms. The van der Waals surface area contributed by atoms with E-state index >= 15 is 0 Å². The Morgan fingerprint density at radius 3 is 2.94 bits per heavy atom. The van der Waals surface area contributed by atoms with Gasteiger partial charge >= 0.3 is 0 Å². The Bertz CT molecular complexity index is 360. The van der Waals surface area contributed by atoms with Gasteiger partial charge in [-0.1, -0.05) is 19.8 Å². The van der Waals surface area contributed by atoms with Crippen LogP contribution in [0.4, 0.5) is 0 Å². The summed E-state index contributed by atoms with van der Waals surface area (Å²) in [6, 6.07) is 0.536. The number of hydrogen-bond donors (Lipinski definition) is 2. The molecule has 1 atom stereocenters. The molecule has 1 aliphatic carbocycles. The zero-order valence-corrected chi connectivity index (χ0v) is 13.8. The quantitative estimate of drug-likeness (QED) is 0.480. The molecule has 102 valence electrons. The molecule has 0 aromatic carbocycles. The summed E-state index contributed by atoms with van der Waals surface area (Å²) in [6.07, 6.45) is 6.89. The minimum atomic E-state index is 0. The van der Waals surface area contributed by atoms with Gasteiger partial charge in [0.15, 0.2) is 5.96 Å². The topological polar surface area (TPSA) is 63.3 Å². The van der Waals surface area contributed by atoms with Gasteiger partial charge in [0.2, 0.25) is 0 Å². The number of hydrogen-bond acceptors (Lipinski definition) is 3. The molecule has 6 heteroatoms. The van der Waals surface area contributed by atoms with Gasteiger partial charge in [-0.3, -0.25) is 4.99 Å². The van der Waals surface area contributed by atoms with Crippen LogP contribution in [0.2, 0.25) is 0 Å². The third kappa shape index (κ3) is 4.72. The lowest BCUT2D eigenvalue weighted by atomic mass is 10.2. The third-order valence-corrected chi connectivity index (χ3v) is 4.12. The molecule has 2 rings (SSSR count). The Morgan fingerprint density at radius 2 is 2.33 bits per heavy atom. The van der Waals surface area contributed by atoms with E-state index in [9.17, 15) is 0 Å². The van der Waals surface area contributed by atoms with Crippen LogP contribution in [0.1, 0.15) is 43.5 Å². The second-order valence-electron chi connectivity index (χ2n) is 4.62. The molecule has 0 radical (unpaired) electrons. The summed E-state index contributed by atoms with van der Waals surface area (Å²) >= 11 is 1.67. The van der Waals surface area contributed by atoms with Gasteiger partial charge in [0, 0.05) is 23.5 Å². The second-order valence-corrected chi connectivity index (χ2v) is 5.55. The first-order valence-electron chi connectivity index (χ1n) is 6.21. The standard InChI is InChI=1S/C12H20N4S.HI/c1-9(11-14-6-7-17-11)8-15-12(13)16-10-4-2-3-5-10;/h6-7,9-10H,2-5,8H2,1H3,(H3,13,15,16);1H. The first kappa shape index (κ1) is 15.7. The van der Waals surface area contributed by atoms with Gasteiger partial charge in [0.1, 0.15) is 0 Å². The molecular formula is C12H21IN4S. The van der Waals surface area contributed by atoms with E-state index in [4.69, 9.17) is 5.73 Å². The van der Waals surface area contributed by atoms with Crippen LogP contribution in [-0.2, 0) is 0 Å². The molecule has 1 aliphatic rings. The molecular weight excluding hydrogens is 359 g/mol. The number of halogens is 1. The van der Waals surface area contributed by atoms with Gasteiger partial charge in [-0.25, -0.2) is 4.98 Å². The summed E-state index contributed by atoms with van der Waals surface area (Å²) in [5.41, 5.74) is 5.88. The van der Waals surface area contributed by atoms with Crippen molar-refractivity contribution < 1.29 is 0 Å². The van der Waals surface area contributed by atoms with Gasteiger partial charge in [0.25, 0.3) is 0 Å². The maximum atomic E-state index is 5.88. The fraction of sp³-hybridized carbons (Fsp3) is 0.667. The van der Waals surface area contributed by atoms with Gasteiger partial charge in [-0.15, -0.1) is 35.3 Å². The Kier molecular flexibility index (Phi) is 6.91. The number of nitrogens with one attached hydrogen (secondary N) is 1. The molecule has 1 unspecified atom stereocenters. The molecule has 4 nitrogen and oxygen atoms in total. The number of aromatic nitrogens is 1. The van der Waals surface area contributed by atoms with E-state index in [2.05, 4.69) is 22.2 Å². The number of rotatable bonds is 4. The molecule has 1 fully saturated rings. The van der Waals surface area contributed by atoms with Crippen LogP contribution >= 0.6 is 35.3 Å². The lowest BCUT2D eigenvalue weighted by Gasteiger charge is -2.13. The van der Waals surface area contributed by atoms with Crippen molar-refractivity contribution in [2.75, 3.05) is 6.54 Å². The van der Waals surface area contributed by atoms with Crippen LogP contribution in [0.5, 0.6) is 0 Å². The highest BCUT2D eigenvalue weighted by Gasteiger charge is 2.15. The summed E-state index contributed by atoms with van der Waals surface area (Å²) in [6.45, 7) is 2.84.